The summed E-state index contributed by atoms with van der Waals surface area (Å²) < 4.78 is 39.6. The molecule has 0 aromatic heterocycles. The molecule has 0 aliphatic rings. The number of nitrogens with one attached hydrogen (secondary N) is 2. The molecular formula is C13H18N2O7S. The van der Waals surface area contributed by atoms with Crippen LogP contribution >= 0.6 is 0 Å². The molecule has 0 heterocycles. The smallest absolute Gasteiger partial charge is 0.341 e. The summed E-state index contributed by atoms with van der Waals surface area (Å²) in [6.07, 6.45) is 0. The van der Waals surface area contributed by atoms with Gasteiger partial charge in [-0.1, -0.05) is 0 Å². The van der Waals surface area contributed by atoms with Crippen LogP contribution in [-0.4, -0.2) is 51.0 Å². The average Bonchev–Trinajstić information content (AvgIpc) is 2.47. The highest BCUT2D eigenvalue weighted by molar-refractivity contribution is 7.85. The van der Waals surface area contributed by atoms with Crippen LogP contribution in [0, 0.1) is 0 Å². The van der Waals surface area contributed by atoms with Gasteiger partial charge in [-0.3, -0.25) is 4.55 Å². The molecule has 0 saturated heterocycles. The third-order valence-electron chi connectivity index (χ3n) is 2.59. The maximum Gasteiger partial charge on any atom is 0.341 e. The zero-order chi connectivity index (χ0) is 17.5. The molecule has 9 nitrogen and oxygen atoms in total. The standard InChI is InChI=1S/C13H18N2O7S/c1-3-22-11-5-4-9(8-10(11)12(16)21-2)15-13(17)14-6-7-23(18,19)20/h4-5,8H,3,6-7H2,1-2H3,(H2,14,15,17)(H,18,19,20). The molecule has 0 bridgehead atoms. The first-order valence-electron chi connectivity index (χ1n) is 6.62. The number of methoxy groups -OCH3 is 1. The molecule has 1 aromatic carbocycles. The van der Waals surface area contributed by atoms with Crippen molar-refractivity contribution in [3.05, 3.63) is 23.8 Å². The number of anilines is 1. The number of carbonyl (C=O) groups excluding carboxylic acids is 2. The molecule has 1 rings (SSSR count). The molecule has 0 spiro atoms. The summed E-state index contributed by atoms with van der Waals surface area (Å²) in [5, 5.41) is 4.68. The predicted molar refractivity (Wildman–Crippen MR) is 82.4 cm³/mol. The highest BCUT2D eigenvalue weighted by atomic mass is 32.2. The minimum Gasteiger partial charge on any atom is -0.493 e. The summed E-state index contributed by atoms with van der Waals surface area (Å²) >= 11 is 0. The van der Waals surface area contributed by atoms with E-state index in [-0.39, 0.29) is 12.1 Å². The summed E-state index contributed by atoms with van der Waals surface area (Å²) in [6.45, 7) is 1.86. The Morgan fingerprint density at radius 2 is 2.00 bits per heavy atom. The number of esters is 1. The van der Waals surface area contributed by atoms with Crippen molar-refractivity contribution in [1.29, 1.82) is 0 Å². The number of rotatable bonds is 7. The summed E-state index contributed by atoms with van der Waals surface area (Å²) in [4.78, 5) is 23.3. The van der Waals surface area contributed by atoms with Gasteiger partial charge < -0.3 is 20.1 Å². The lowest BCUT2D eigenvalue weighted by Crippen LogP contribution is -2.32. The Bertz CT molecular complexity index is 673. The van der Waals surface area contributed by atoms with Crippen LogP contribution in [0.15, 0.2) is 18.2 Å². The fourth-order valence-corrected chi connectivity index (χ4v) is 1.99. The Kier molecular flexibility index (Phi) is 6.79. The number of amides is 2. The number of benzene rings is 1. The van der Waals surface area contributed by atoms with Crippen LogP contribution < -0.4 is 15.4 Å². The number of urea groups is 1. The fourth-order valence-electron chi connectivity index (χ4n) is 1.63. The first-order valence-corrected chi connectivity index (χ1v) is 8.23. The van der Waals surface area contributed by atoms with Crippen molar-refractivity contribution in [3.8, 4) is 5.75 Å². The van der Waals surface area contributed by atoms with Crippen molar-refractivity contribution in [1.82, 2.24) is 5.32 Å². The first-order chi connectivity index (χ1) is 10.8. The van der Waals surface area contributed by atoms with E-state index in [2.05, 4.69) is 15.4 Å². The van der Waals surface area contributed by atoms with Crippen LogP contribution in [0.5, 0.6) is 5.75 Å². The summed E-state index contributed by atoms with van der Waals surface area (Å²) in [7, 11) is -2.92. The van der Waals surface area contributed by atoms with Gasteiger partial charge in [0, 0.05) is 12.2 Å². The zero-order valence-electron chi connectivity index (χ0n) is 12.7. The number of carbonyl (C=O) groups is 2. The molecule has 1 aromatic rings. The van der Waals surface area contributed by atoms with Crippen LogP contribution in [0.2, 0.25) is 0 Å². The van der Waals surface area contributed by atoms with Crippen LogP contribution in [0.3, 0.4) is 0 Å². The SMILES string of the molecule is CCOc1ccc(NC(=O)NCCS(=O)(=O)O)cc1C(=O)OC. The van der Waals surface area contributed by atoms with Gasteiger partial charge in [0.2, 0.25) is 0 Å². The molecule has 23 heavy (non-hydrogen) atoms. The molecule has 2 amide bonds. The second-order valence-corrected chi connectivity index (χ2v) is 5.87. The maximum absolute atomic E-state index is 11.7. The minimum absolute atomic E-state index is 0.144. The van der Waals surface area contributed by atoms with Crippen LogP contribution in [-0.2, 0) is 14.9 Å². The van der Waals surface area contributed by atoms with E-state index in [0.29, 0.717) is 18.0 Å². The highest BCUT2D eigenvalue weighted by Gasteiger charge is 2.15. The number of ether oxygens (including phenoxy) is 2. The van der Waals surface area contributed by atoms with Gasteiger partial charge in [-0.25, -0.2) is 9.59 Å². The third kappa shape index (κ3) is 6.53. The van der Waals surface area contributed by atoms with Gasteiger partial charge in [0.05, 0.1) is 19.5 Å². The van der Waals surface area contributed by atoms with E-state index in [9.17, 15) is 18.0 Å². The molecule has 3 N–H and O–H groups in total. The Balaban J connectivity index is 2.76. The molecule has 0 aliphatic heterocycles. The van der Waals surface area contributed by atoms with Gasteiger partial charge in [-0.15, -0.1) is 0 Å². The quantitative estimate of drug-likeness (QED) is 0.493. The van der Waals surface area contributed by atoms with Crippen molar-refractivity contribution in [3.63, 3.8) is 0 Å². The monoisotopic (exact) mass is 346 g/mol. The van der Waals surface area contributed by atoms with Gasteiger partial charge in [0.15, 0.2) is 0 Å². The normalized spacial score (nSPS) is 10.7. The van der Waals surface area contributed by atoms with E-state index in [0.717, 1.165) is 0 Å². The van der Waals surface area contributed by atoms with Crippen molar-refractivity contribution < 1.29 is 32.0 Å². The largest absolute Gasteiger partial charge is 0.493 e. The lowest BCUT2D eigenvalue weighted by atomic mass is 10.1. The van der Waals surface area contributed by atoms with Crippen molar-refractivity contribution >= 4 is 27.8 Å². The first kappa shape index (κ1) is 18.7. The third-order valence-corrected chi connectivity index (χ3v) is 3.31. The average molecular weight is 346 g/mol. The summed E-state index contributed by atoms with van der Waals surface area (Å²) in [5.41, 5.74) is 0.434. The minimum atomic E-state index is -4.15. The Morgan fingerprint density at radius 3 is 2.57 bits per heavy atom. The fraction of sp³-hybridized carbons (Fsp3) is 0.385. The van der Waals surface area contributed by atoms with E-state index < -0.39 is 27.9 Å². The Morgan fingerprint density at radius 1 is 1.30 bits per heavy atom. The molecule has 0 atom stereocenters. The van der Waals surface area contributed by atoms with Gasteiger partial charge in [-0.05, 0) is 25.1 Å². The van der Waals surface area contributed by atoms with Crippen LogP contribution in [0.1, 0.15) is 17.3 Å². The number of hydrogen-bond acceptors (Lipinski definition) is 6. The molecule has 0 fully saturated rings. The number of hydrogen-bond donors (Lipinski definition) is 3. The molecule has 0 unspecified atom stereocenters. The van der Waals surface area contributed by atoms with Gasteiger partial charge in [0.25, 0.3) is 10.1 Å². The molecule has 0 saturated carbocycles. The Labute approximate surface area is 133 Å². The summed E-state index contributed by atoms with van der Waals surface area (Å²) in [6, 6.07) is 3.70. The molecule has 0 aliphatic carbocycles. The van der Waals surface area contributed by atoms with E-state index in [1.54, 1.807) is 6.92 Å². The highest BCUT2D eigenvalue weighted by Crippen LogP contribution is 2.23. The lowest BCUT2D eigenvalue weighted by Gasteiger charge is -2.12. The van der Waals surface area contributed by atoms with E-state index in [1.807, 2.05) is 0 Å². The maximum atomic E-state index is 11.7. The lowest BCUT2D eigenvalue weighted by molar-refractivity contribution is 0.0596. The van der Waals surface area contributed by atoms with E-state index >= 15 is 0 Å². The predicted octanol–water partition coefficient (Wildman–Crippen LogP) is 0.881. The van der Waals surface area contributed by atoms with Gasteiger partial charge in [0.1, 0.15) is 11.3 Å². The van der Waals surface area contributed by atoms with Crippen molar-refractivity contribution in [2.24, 2.45) is 0 Å². The second-order valence-electron chi connectivity index (χ2n) is 4.30. The Hall–Kier alpha value is -2.33. The topological polar surface area (TPSA) is 131 Å². The molecule has 128 valence electrons. The van der Waals surface area contributed by atoms with Gasteiger partial charge in [-0.2, -0.15) is 8.42 Å². The van der Waals surface area contributed by atoms with Crippen LogP contribution in [0.25, 0.3) is 0 Å². The summed E-state index contributed by atoms with van der Waals surface area (Å²) in [5.74, 6) is -0.905. The van der Waals surface area contributed by atoms with E-state index in [4.69, 9.17) is 9.29 Å². The van der Waals surface area contributed by atoms with Crippen molar-refractivity contribution in [2.75, 3.05) is 31.3 Å². The van der Waals surface area contributed by atoms with Crippen LogP contribution in [0.4, 0.5) is 10.5 Å². The molecule has 0 radical (unpaired) electrons. The molecular weight excluding hydrogens is 328 g/mol. The zero-order valence-corrected chi connectivity index (χ0v) is 13.5. The van der Waals surface area contributed by atoms with Gasteiger partial charge >= 0.3 is 12.0 Å². The molecule has 10 heteroatoms. The van der Waals surface area contributed by atoms with Crippen molar-refractivity contribution in [2.45, 2.75) is 6.92 Å². The van der Waals surface area contributed by atoms with E-state index in [1.165, 1.54) is 25.3 Å². The second kappa shape index (κ2) is 8.34.